The Balaban J connectivity index is 1.62. The Bertz CT molecular complexity index is 1000. The van der Waals surface area contributed by atoms with Gasteiger partial charge in [-0.1, -0.05) is 18.2 Å². The van der Waals surface area contributed by atoms with Crippen molar-refractivity contribution in [3.63, 3.8) is 0 Å². The van der Waals surface area contributed by atoms with Crippen molar-refractivity contribution in [1.82, 2.24) is 15.3 Å². The Morgan fingerprint density at radius 2 is 1.69 bits per heavy atom. The first-order valence-electron chi connectivity index (χ1n) is 9.15. The number of hydrogen-bond acceptors (Lipinski definition) is 6. The van der Waals surface area contributed by atoms with Gasteiger partial charge in [0, 0.05) is 24.6 Å². The maximum Gasteiger partial charge on any atom is 0.254 e. The number of methoxy groups -OCH3 is 2. The molecule has 29 heavy (non-hydrogen) atoms. The molecule has 0 fully saturated rings. The van der Waals surface area contributed by atoms with Crippen LogP contribution < -0.4 is 20.1 Å². The van der Waals surface area contributed by atoms with Crippen molar-refractivity contribution in [2.75, 3.05) is 19.5 Å². The third-order valence-corrected chi connectivity index (χ3v) is 4.45. The Labute approximate surface area is 170 Å². The lowest BCUT2D eigenvalue weighted by atomic mass is 10.1. The van der Waals surface area contributed by atoms with Gasteiger partial charge in [-0.05, 0) is 48.7 Å². The number of nitrogens with one attached hydrogen (secondary N) is 2. The molecule has 1 aromatic heterocycles. The monoisotopic (exact) mass is 392 g/mol. The van der Waals surface area contributed by atoms with Crippen LogP contribution >= 0.6 is 0 Å². The molecular formula is C22H24N4O3. The van der Waals surface area contributed by atoms with E-state index in [0.29, 0.717) is 29.6 Å². The first-order valence-corrected chi connectivity index (χ1v) is 9.15. The third kappa shape index (κ3) is 5.01. The molecule has 150 valence electrons. The van der Waals surface area contributed by atoms with Crippen LogP contribution in [-0.4, -0.2) is 30.1 Å². The Kier molecular flexibility index (Phi) is 6.29. The SMILES string of the molecule is COc1ccc(CNC(=O)c2cnc(Nc3cc(C)ccc3C)nc2)cc1OC. The summed E-state index contributed by atoms with van der Waals surface area (Å²) in [6, 6.07) is 11.6. The molecule has 0 bridgehead atoms. The van der Waals surface area contributed by atoms with Crippen molar-refractivity contribution in [3.05, 3.63) is 71.0 Å². The highest BCUT2D eigenvalue weighted by molar-refractivity contribution is 5.93. The van der Waals surface area contributed by atoms with Gasteiger partial charge in [0.25, 0.3) is 5.91 Å². The van der Waals surface area contributed by atoms with Crippen molar-refractivity contribution < 1.29 is 14.3 Å². The van der Waals surface area contributed by atoms with Crippen LogP contribution in [0.1, 0.15) is 27.0 Å². The minimum absolute atomic E-state index is 0.252. The summed E-state index contributed by atoms with van der Waals surface area (Å²) in [6.07, 6.45) is 3.01. The average Bonchev–Trinajstić information content (AvgIpc) is 2.74. The summed E-state index contributed by atoms with van der Waals surface area (Å²) in [5.74, 6) is 1.44. The van der Waals surface area contributed by atoms with E-state index in [1.807, 2.05) is 44.2 Å². The summed E-state index contributed by atoms with van der Waals surface area (Å²) in [5, 5.41) is 6.03. The van der Waals surface area contributed by atoms with Gasteiger partial charge in [-0.2, -0.15) is 0 Å². The Hall–Kier alpha value is -3.61. The van der Waals surface area contributed by atoms with Gasteiger partial charge in [0.2, 0.25) is 5.95 Å². The third-order valence-electron chi connectivity index (χ3n) is 4.45. The first kappa shape index (κ1) is 20.1. The maximum absolute atomic E-state index is 12.4. The van der Waals surface area contributed by atoms with Crippen LogP contribution in [-0.2, 0) is 6.54 Å². The van der Waals surface area contributed by atoms with Crippen molar-refractivity contribution >= 4 is 17.5 Å². The molecule has 0 saturated carbocycles. The van der Waals surface area contributed by atoms with E-state index < -0.39 is 0 Å². The summed E-state index contributed by atoms with van der Waals surface area (Å²) in [6.45, 7) is 4.39. The highest BCUT2D eigenvalue weighted by Crippen LogP contribution is 2.27. The quantitative estimate of drug-likeness (QED) is 0.636. The molecule has 3 aromatic rings. The Morgan fingerprint density at radius 3 is 2.38 bits per heavy atom. The van der Waals surface area contributed by atoms with E-state index >= 15 is 0 Å². The van der Waals surface area contributed by atoms with Crippen LogP contribution in [0.4, 0.5) is 11.6 Å². The standard InChI is InChI=1S/C22H24N4O3/c1-14-5-6-15(2)18(9-14)26-22-24-12-17(13-25-22)21(27)23-11-16-7-8-19(28-3)20(10-16)29-4/h5-10,12-13H,11H2,1-4H3,(H,23,27)(H,24,25,26). The molecule has 0 aliphatic heterocycles. The molecule has 2 N–H and O–H groups in total. The van der Waals surface area contributed by atoms with Crippen LogP contribution in [0, 0.1) is 13.8 Å². The maximum atomic E-state index is 12.4. The van der Waals surface area contributed by atoms with E-state index in [1.165, 1.54) is 12.4 Å². The van der Waals surface area contributed by atoms with Crippen molar-refractivity contribution in [3.8, 4) is 11.5 Å². The molecule has 0 saturated heterocycles. The van der Waals surface area contributed by atoms with Crippen LogP contribution in [0.3, 0.4) is 0 Å². The van der Waals surface area contributed by atoms with Gasteiger partial charge in [0.1, 0.15) is 0 Å². The molecule has 2 aromatic carbocycles. The molecule has 1 heterocycles. The largest absolute Gasteiger partial charge is 0.493 e. The fourth-order valence-corrected chi connectivity index (χ4v) is 2.78. The fraction of sp³-hybridized carbons (Fsp3) is 0.227. The number of aromatic nitrogens is 2. The topological polar surface area (TPSA) is 85.4 Å². The molecule has 7 heteroatoms. The first-order chi connectivity index (χ1) is 14.0. The second-order valence-corrected chi connectivity index (χ2v) is 6.61. The number of ether oxygens (including phenoxy) is 2. The zero-order valence-corrected chi connectivity index (χ0v) is 16.9. The van der Waals surface area contributed by atoms with E-state index in [1.54, 1.807) is 20.3 Å². The van der Waals surface area contributed by atoms with Gasteiger partial charge in [-0.15, -0.1) is 0 Å². The normalized spacial score (nSPS) is 10.3. The summed E-state index contributed by atoms with van der Waals surface area (Å²) < 4.78 is 10.5. The van der Waals surface area contributed by atoms with Crippen LogP contribution in [0.25, 0.3) is 0 Å². The minimum atomic E-state index is -0.252. The van der Waals surface area contributed by atoms with E-state index in [0.717, 1.165) is 22.4 Å². The lowest BCUT2D eigenvalue weighted by Crippen LogP contribution is -2.23. The predicted octanol–water partition coefficient (Wildman–Crippen LogP) is 3.78. The van der Waals surface area contributed by atoms with Crippen LogP contribution in [0.15, 0.2) is 48.8 Å². The molecule has 0 unspecified atom stereocenters. The molecule has 0 spiro atoms. The van der Waals surface area contributed by atoms with Gasteiger partial charge in [-0.3, -0.25) is 4.79 Å². The van der Waals surface area contributed by atoms with Crippen molar-refractivity contribution in [2.24, 2.45) is 0 Å². The molecule has 0 aliphatic carbocycles. The second kappa shape index (κ2) is 9.05. The number of aryl methyl sites for hydroxylation is 2. The highest BCUT2D eigenvalue weighted by Gasteiger charge is 2.10. The highest BCUT2D eigenvalue weighted by atomic mass is 16.5. The number of nitrogens with zero attached hydrogens (tertiary/aromatic N) is 2. The molecule has 3 rings (SSSR count). The predicted molar refractivity (Wildman–Crippen MR) is 112 cm³/mol. The lowest BCUT2D eigenvalue weighted by molar-refractivity contribution is 0.0950. The molecular weight excluding hydrogens is 368 g/mol. The van der Waals surface area contributed by atoms with Gasteiger partial charge >= 0.3 is 0 Å². The molecule has 0 aliphatic rings. The molecule has 0 radical (unpaired) electrons. The molecule has 1 amide bonds. The van der Waals surface area contributed by atoms with Crippen LogP contribution in [0.2, 0.25) is 0 Å². The van der Waals surface area contributed by atoms with Gasteiger partial charge in [0.15, 0.2) is 11.5 Å². The minimum Gasteiger partial charge on any atom is -0.493 e. The number of carbonyl (C=O) groups excluding carboxylic acids is 1. The van der Waals surface area contributed by atoms with E-state index in [2.05, 4.69) is 20.6 Å². The second-order valence-electron chi connectivity index (χ2n) is 6.61. The van der Waals surface area contributed by atoms with Crippen molar-refractivity contribution in [2.45, 2.75) is 20.4 Å². The van der Waals surface area contributed by atoms with Crippen LogP contribution in [0.5, 0.6) is 11.5 Å². The summed E-state index contributed by atoms with van der Waals surface area (Å²) in [5.41, 5.74) is 4.46. The Morgan fingerprint density at radius 1 is 0.966 bits per heavy atom. The average molecular weight is 392 g/mol. The smallest absolute Gasteiger partial charge is 0.254 e. The van der Waals surface area contributed by atoms with Gasteiger partial charge in [0.05, 0.1) is 19.8 Å². The number of hydrogen-bond donors (Lipinski definition) is 2. The number of amides is 1. The lowest BCUT2D eigenvalue weighted by Gasteiger charge is -2.11. The summed E-state index contributed by atoms with van der Waals surface area (Å²) in [7, 11) is 3.16. The number of anilines is 2. The van der Waals surface area contributed by atoms with Crippen molar-refractivity contribution in [1.29, 1.82) is 0 Å². The zero-order chi connectivity index (χ0) is 20.8. The number of carbonyl (C=O) groups is 1. The number of rotatable bonds is 7. The van der Waals surface area contributed by atoms with E-state index in [4.69, 9.17) is 9.47 Å². The van der Waals surface area contributed by atoms with Gasteiger partial charge in [-0.25, -0.2) is 9.97 Å². The van der Waals surface area contributed by atoms with E-state index in [9.17, 15) is 4.79 Å². The van der Waals surface area contributed by atoms with E-state index in [-0.39, 0.29) is 5.91 Å². The van der Waals surface area contributed by atoms with Gasteiger partial charge < -0.3 is 20.1 Å². The molecule has 0 atom stereocenters. The molecule has 7 nitrogen and oxygen atoms in total. The fourth-order valence-electron chi connectivity index (χ4n) is 2.78. The zero-order valence-electron chi connectivity index (χ0n) is 16.9. The number of benzene rings is 2. The summed E-state index contributed by atoms with van der Waals surface area (Å²) in [4.78, 5) is 20.9. The summed E-state index contributed by atoms with van der Waals surface area (Å²) >= 11 is 0.